The molecule has 0 amide bonds. The van der Waals surface area contributed by atoms with Crippen molar-refractivity contribution in [3.8, 4) is 5.75 Å². The summed E-state index contributed by atoms with van der Waals surface area (Å²) in [5.41, 5.74) is 1.34. The summed E-state index contributed by atoms with van der Waals surface area (Å²) in [4.78, 5) is 4.30. The summed E-state index contributed by atoms with van der Waals surface area (Å²) in [6, 6.07) is 2.17. The number of pyridine rings is 1. The van der Waals surface area contributed by atoms with Crippen LogP contribution in [0.2, 0.25) is 0 Å². The van der Waals surface area contributed by atoms with E-state index in [1.165, 1.54) is 24.8 Å². The van der Waals surface area contributed by atoms with Gasteiger partial charge < -0.3 is 10.1 Å². The van der Waals surface area contributed by atoms with Crippen molar-refractivity contribution in [2.24, 2.45) is 0 Å². The van der Waals surface area contributed by atoms with E-state index in [-0.39, 0.29) is 0 Å². The van der Waals surface area contributed by atoms with Crippen LogP contribution in [0.5, 0.6) is 5.75 Å². The third kappa shape index (κ3) is 3.70. The highest BCUT2D eigenvalue weighted by Crippen LogP contribution is 2.27. The van der Waals surface area contributed by atoms with Gasteiger partial charge in [-0.05, 0) is 56.3 Å². The van der Waals surface area contributed by atoms with Gasteiger partial charge in [-0.1, -0.05) is 6.92 Å². The van der Waals surface area contributed by atoms with Crippen molar-refractivity contribution >= 4 is 0 Å². The van der Waals surface area contributed by atoms with Gasteiger partial charge in [0.25, 0.3) is 0 Å². The highest BCUT2D eigenvalue weighted by Gasteiger charge is 2.14. The molecule has 0 radical (unpaired) electrons. The first-order valence-electron chi connectivity index (χ1n) is 6.68. The van der Waals surface area contributed by atoms with Crippen LogP contribution in [0.25, 0.3) is 0 Å². The van der Waals surface area contributed by atoms with Crippen molar-refractivity contribution in [2.45, 2.75) is 38.5 Å². The van der Waals surface area contributed by atoms with Gasteiger partial charge in [0.1, 0.15) is 5.75 Å². The molecule has 1 aliphatic heterocycles. The molecule has 3 nitrogen and oxygen atoms in total. The van der Waals surface area contributed by atoms with Crippen molar-refractivity contribution < 1.29 is 4.74 Å². The Balaban J connectivity index is 2.03. The molecule has 1 aromatic heterocycles. The van der Waals surface area contributed by atoms with Crippen LogP contribution in [-0.2, 0) is 0 Å². The van der Waals surface area contributed by atoms with Gasteiger partial charge in [0, 0.05) is 6.20 Å². The molecule has 2 heterocycles. The molecular weight excluding hydrogens is 212 g/mol. The molecule has 1 aliphatic rings. The molecular formula is C14H22N2O. The molecule has 1 N–H and O–H groups in total. The summed E-state index contributed by atoms with van der Waals surface area (Å²) in [5.74, 6) is 1.56. The molecule has 2 rings (SSSR count). The van der Waals surface area contributed by atoms with Gasteiger partial charge in [-0.25, -0.2) is 0 Å². The van der Waals surface area contributed by atoms with Crippen LogP contribution in [0.15, 0.2) is 18.5 Å². The van der Waals surface area contributed by atoms with E-state index in [4.69, 9.17) is 4.74 Å². The third-order valence-electron chi connectivity index (χ3n) is 3.25. The van der Waals surface area contributed by atoms with Crippen LogP contribution in [0.1, 0.15) is 44.1 Å². The molecule has 0 saturated carbocycles. The zero-order chi connectivity index (χ0) is 11.9. The first-order chi connectivity index (χ1) is 8.40. The minimum atomic E-state index is 0.641. The lowest BCUT2D eigenvalue weighted by atomic mass is 9.93. The average Bonchev–Trinajstić information content (AvgIpc) is 2.65. The minimum absolute atomic E-state index is 0.641. The Hall–Kier alpha value is -1.09. The lowest BCUT2D eigenvalue weighted by molar-refractivity contribution is 0.315. The maximum atomic E-state index is 5.64. The average molecular weight is 234 g/mol. The molecule has 94 valence electrons. The van der Waals surface area contributed by atoms with Crippen molar-refractivity contribution in [1.29, 1.82) is 0 Å². The SMILES string of the molecule is CCCOc1cncc(C2CCCNCC2)c1. The molecule has 0 aromatic carbocycles. The van der Waals surface area contributed by atoms with Gasteiger partial charge in [0.2, 0.25) is 0 Å². The zero-order valence-electron chi connectivity index (χ0n) is 10.6. The highest BCUT2D eigenvalue weighted by molar-refractivity contribution is 5.26. The maximum absolute atomic E-state index is 5.64. The number of rotatable bonds is 4. The molecule has 0 spiro atoms. The number of hydrogen-bond acceptors (Lipinski definition) is 3. The predicted molar refractivity (Wildman–Crippen MR) is 69.5 cm³/mol. The van der Waals surface area contributed by atoms with Crippen LogP contribution in [0.4, 0.5) is 0 Å². The number of nitrogens with one attached hydrogen (secondary N) is 1. The normalized spacial score (nSPS) is 20.9. The van der Waals surface area contributed by atoms with Crippen molar-refractivity contribution in [2.75, 3.05) is 19.7 Å². The molecule has 0 bridgehead atoms. The van der Waals surface area contributed by atoms with E-state index < -0.39 is 0 Å². The van der Waals surface area contributed by atoms with E-state index in [9.17, 15) is 0 Å². The van der Waals surface area contributed by atoms with Gasteiger partial charge in [0.15, 0.2) is 0 Å². The van der Waals surface area contributed by atoms with Gasteiger partial charge >= 0.3 is 0 Å². The number of nitrogens with zero attached hydrogens (tertiary/aromatic N) is 1. The minimum Gasteiger partial charge on any atom is -0.492 e. The summed E-state index contributed by atoms with van der Waals surface area (Å²) in [5, 5.41) is 3.44. The molecule has 0 aliphatic carbocycles. The first-order valence-corrected chi connectivity index (χ1v) is 6.68. The standard InChI is InChI=1S/C14H22N2O/c1-2-8-17-14-9-13(10-16-11-14)12-4-3-6-15-7-5-12/h9-12,15H,2-8H2,1H3. The fourth-order valence-electron chi connectivity index (χ4n) is 2.31. The summed E-state index contributed by atoms with van der Waals surface area (Å²) >= 11 is 0. The van der Waals surface area contributed by atoms with Gasteiger partial charge in [-0.3, -0.25) is 4.98 Å². The Labute approximate surface area is 104 Å². The van der Waals surface area contributed by atoms with Crippen LogP contribution < -0.4 is 10.1 Å². The Morgan fingerprint density at radius 2 is 2.29 bits per heavy atom. The lowest BCUT2D eigenvalue weighted by Gasteiger charge is -2.14. The van der Waals surface area contributed by atoms with Crippen LogP contribution in [-0.4, -0.2) is 24.7 Å². The number of aromatic nitrogens is 1. The summed E-state index contributed by atoms with van der Waals surface area (Å²) in [6.45, 7) is 5.16. The number of ether oxygens (including phenoxy) is 1. The monoisotopic (exact) mass is 234 g/mol. The van der Waals surface area contributed by atoms with Crippen LogP contribution in [0, 0.1) is 0 Å². The number of hydrogen-bond donors (Lipinski definition) is 1. The molecule has 1 unspecified atom stereocenters. The van der Waals surface area contributed by atoms with Crippen LogP contribution in [0.3, 0.4) is 0 Å². The van der Waals surface area contributed by atoms with Crippen LogP contribution >= 0.6 is 0 Å². The maximum Gasteiger partial charge on any atom is 0.137 e. The van der Waals surface area contributed by atoms with Gasteiger partial charge in [0.05, 0.1) is 12.8 Å². The second-order valence-corrected chi connectivity index (χ2v) is 4.68. The van der Waals surface area contributed by atoms with Crippen molar-refractivity contribution in [3.63, 3.8) is 0 Å². The Morgan fingerprint density at radius 3 is 3.18 bits per heavy atom. The topological polar surface area (TPSA) is 34.1 Å². The smallest absolute Gasteiger partial charge is 0.137 e. The largest absolute Gasteiger partial charge is 0.492 e. The molecule has 1 aromatic rings. The molecule has 1 fully saturated rings. The fraction of sp³-hybridized carbons (Fsp3) is 0.643. The quantitative estimate of drug-likeness (QED) is 0.869. The summed E-state index contributed by atoms with van der Waals surface area (Å²) in [6.07, 6.45) is 8.57. The second kappa shape index (κ2) is 6.60. The molecule has 3 heteroatoms. The fourth-order valence-corrected chi connectivity index (χ4v) is 2.31. The summed E-state index contributed by atoms with van der Waals surface area (Å²) < 4.78 is 5.64. The third-order valence-corrected chi connectivity index (χ3v) is 3.25. The Bertz CT molecular complexity index is 333. The van der Waals surface area contributed by atoms with Gasteiger partial charge in [-0.15, -0.1) is 0 Å². The van der Waals surface area contributed by atoms with Crippen molar-refractivity contribution in [1.82, 2.24) is 10.3 Å². The van der Waals surface area contributed by atoms with E-state index in [1.807, 2.05) is 12.4 Å². The van der Waals surface area contributed by atoms with E-state index >= 15 is 0 Å². The first kappa shape index (κ1) is 12.4. The van der Waals surface area contributed by atoms with Gasteiger partial charge in [-0.2, -0.15) is 0 Å². The molecule has 1 atom stereocenters. The van der Waals surface area contributed by atoms with E-state index in [1.54, 1.807) is 0 Å². The zero-order valence-corrected chi connectivity index (χ0v) is 10.6. The highest BCUT2D eigenvalue weighted by atomic mass is 16.5. The second-order valence-electron chi connectivity index (χ2n) is 4.68. The predicted octanol–water partition coefficient (Wildman–Crippen LogP) is 2.73. The molecule has 1 saturated heterocycles. The molecule has 17 heavy (non-hydrogen) atoms. The van der Waals surface area contributed by atoms with Crippen molar-refractivity contribution in [3.05, 3.63) is 24.0 Å². The van der Waals surface area contributed by atoms with E-state index in [0.29, 0.717) is 5.92 Å². The lowest BCUT2D eigenvalue weighted by Crippen LogP contribution is -2.13. The summed E-state index contributed by atoms with van der Waals surface area (Å²) in [7, 11) is 0. The van der Waals surface area contributed by atoms with E-state index in [2.05, 4.69) is 23.3 Å². The Morgan fingerprint density at radius 1 is 1.35 bits per heavy atom. The van der Waals surface area contributed by atoms with E-state index in [0.717, 1.165) is 31.9 Å². The Kier molecular flexibility index (Phi) is 4.80.